The summed E-state index contributed by atoms with van der Waals surface area (Å²) in [5, 5.41) is 12.0. The largest absolute Gasteiger partial charge is 0.458 e. The van der Waals surface area contributed by atoms with Crippen molar-refractivity contribution >= 4 is 22.6 Å². The number of anilines is 1. The van der Waals surface area contributed by atoms with E-state index < -0.39 is 11.6 Å². The molecule has 0 radical (unpaired) electrons. The van der Waals surface area contributed by atoms with Gasteiger partial charge in [0.2, 0.25) is 0 Å². The zero-order valence-electron chi connectivity index (χ0n) is 18.1. The molecule has 3 aromatic rings. The van der Waals surface area contributed by atoms with Gasteiger partial charge < -0.3 is 19.3 Å². The highest BCUT2D eigenvalue weighted by Gasteiger charge is 2.45. The molecule has 7 nitrogen and oxygen atoms in total. The van der Waals surface area contributed by atoms with Gasteiger partial charge in [0.1, 0.15) is 6.61 Å². The maximum absolute atomic E-state index is 13.3. The van der Waals surface area contributed by atoms with Crippen molar-refractivity contribution in [2.75, 3.05) is 18.0 Å². The molecule has 3 aliphatic heterocycles. The average molecular weight is 431 g/mol. The van der Waals surface area contributed by atoms with Crippen LogP contribution in [0.3, 0.4) is 0 Å². The van der Waals surface area contributed by atoms with E-state index in [4.69, 9.17) is 9.72 Å². The van der Waals surface area contributed by atoms with Crippen molar-refractivity contribution in [3.8, 4) is 11.4 Å². The SMILES string of the molecule is CCC1(O)C(=O)OCc2c1cc1n(c2=O)Cc2cc3cc(N4CCCCC4)ccc3nc2-1. The predicted molar refractivity (Wildman–Crippen MR) is 121 cm³/mol. The fourth-order valence-corrected chi connectivity index (χ4v) is 5.32. The van der Waals surface area contributed by atoms with Crippen LogP contribution in [0.25, 0.3) is 22.3 Å². The van der Waals surface area contributed by atoms with Gasteiger partial charge in [-0.2, -0.15) is 0 Å². The smallest absolute Gasteiger partial charge is 0.343 e. The molecule has 1 atom stereocenters. The van der Waals surface area contributed by atoms with E-state index in [-0.39, 0.29) is 18.6 Å². The van der Waals surface area contributed by atoms with Crippen LogP contribution < -0.4 is 10.5 Å². The summed E-state index contributed by atoms with van der Waals surface area (Å²) in [6.07, 6.45) is 3.87. The predicted octanol–water partition coefficient (Wildman–Crippen LogP) is 3.07. The molecule has 0 saturated carbocycles. The monoisotopic (exact) mass is 431 g/mol. The topological polar surface area (TPSA) is 84.7 Å². The molecule has 1 saturated heterocycles. The highest BCUT2D eigenvalue weighted by molar-refractivity contribution is 5.88. The third-order valence-corrected chi connectivity index (χ3v) is 7.21. The highest BCUT2D eigenvalue weighted by atomic mass is 16.6. The Morgan fingerprint density at radius 3 is 2.72 bits per heavy atom. The number of hydrogen-bond donors (Lipinski definition) is 1. The van der Waals surface area contributed by atoms with Crippen molar-refractivity contribution in [3.63, 3.8) is 0 Å². The van der Waals surface area contributed by atoms with Gasteiger partial charge in [0.25, 0.3) is 5.56 Å². The first-order chi connectivity index (χ1) is 15.5. The first-order valence-corrected chi connectivity index (χ1v) is 11.4. The molecule has 1 fully saturated rings. The summed E-state index contributed by atoms with van der Waals surface area (Å²) in [6.45, 7) is 4.18. The van der Waals surface area contributed by atoms with Crippen LogP contribution in [0.2, 0.25) is 0 Å². The van der Waals surface area contributed by atoms with Crippen LogP contribution in [0, 0.1) is 0 Å². The molecule has 6 rings (SSSR count). The summed E-state index contributed by atoms with van der Waals surface area (Å²) in [5.74, 6) is -0.702. The Bertz CT molecular complexity index is 1340. The summed E-state index contributed by atoms with van der Waals surface area (Å²) in [5.41, 5.74) is 3.11. The number of pyridine rings is 2. The van der Waals surface area contributed by atoms with Crippen LogP contribution in [0.15, 0.2) is 35.1 Å². The van der Waals surface area contributed by atoms with Crippen LogP contribution in [0.1, 0.15) is 49.3 Å². The molecule has 1 aromatic carbocycles. The van der Waals surface area contributed by atoms with E-state index in [0.717, 1.165) is 35.2 Å². The Balaban J connectivity index is 1.49. The van der Waals surface area contributed by atoms with Crippen molar-refractivity contribution in [1.29, 1.82) is 0 Å². The number of fused-ring (bicyclic) bond motifs is 5. The standard InChI is InChI=1S/C25H25N3O4/c1-2-25(31)19-12-21-22-16(13-28(21)23(29)18(19)14-32-24(25)30)10-15-11-17(6-7-20(15)26-22)27-8-4-3-5-9-27/h6-7,10-12,31H,2-5,8-9,13-14H2,1H3. The van der Waals surface area contributed by atoms with Crippen LogP contribution in [0.4, 0.5) is 5.69 Å². The van der Waals surface area contributed by atoms with Crippen molar-refractivity contribution < 1.29 is 14.6 Å². The lowest BCUT2D eigenvalue weighted by Gasteiger charge is -2.31. The number of carbonyl (C=O) groups excluding carboxylic acids is 1. The minimum Gasteiger partial charge on any atom is -0.458 e. The van der Waals surface area contributed by atoms with E-state index in [0.29, 0.717) is 23.4 Å². The molecule has 1 unspecified atom stereocenters. The fourth-order valence-electron chi connectivity index (χ4n) is 5.32. The normalized spacial score (nSPS) is 21.8. The number of piperidine rings is 1. The summed E-state index contributed by atoms with van der Waals surface area (Å²) in [6, 6.07) is 10.2. The Morgan fingerprint density at radius 1 is 1.12 bits per heavy atom. The highest BCUT2D eigenvalue weighted by Crippen LogP contribution is 2.39. The molecule has 5 heterocycles. The van der Waals surface area contributed by atoms with Gasteiger partial charge in [-0.15, -0.1) is 0 Å². The van der Waals surface area contributed by atoms with Crippen LogP contribution >= 0.6 is 0 Å². The zero-order valence-corrected chi connectivity index (χ0v) is 18.1. The molecular formula is C25H25N3O4. The molecule has 0 aliphatic carbocycles. The Morgan fingerprint density at radius 2 is 1.94 bits per heavy atom. The van der Waals surface area contributed by atoms with Crippen molar-refractivity contribution in [3.05, 3.63) is 57.4 Å². The molecule has 1 N–H and O–H groups in total. The zero-order chi connectivity index (χ0) is 22.0. The Labute approximate surface area is 185 Å². The Kier molecular flexibility index (Phi) is 4.21. The number of ether oxygens (including phenoxy) is 1. The Hall–Kier alpha value is -3.19. The van der Waals surface area contributed by atoms with Gasteiger partial charge in [-0.3, -0.25) is 4.79 Å². The van der Waals surface area contributed by atoms with E-state index in [1.807, 2.05) is 6.07 Å². The quantitative estimate of drug-likeness (QED) is 0.491. The molecule has 7 heteroatoms. The van der Waals surface area contributed by atoms with Crippen LogP contribution in [-0.4, -0.2) is 33.7 Å². The molecule has 32 heavy (non-hydrogen) atoms. The van der Waals surface area contributed by atoms with Crippen LogP contribution in [-0.2, 0) is 28.3 Å². The lowest BCUT2D eigenvalue weighted by molar-refractivity contribution is -0.172. The average Bonchev–Trinajstić information content (AvgIpc) is 3.18. The molecule has 0 bridgehead atoms. The fraction of sp³-hybridized carbons (Fsp3) is 0.400. The number of carbonyl (C=O) groups is 1. The van der Waals surface area contributed by atoms with Gasteiger partial charge in [0.15, 0.2) is 5.60 Å². The van der Waals surface area contributed by atoms with E-state index in [9.17, 15) is 14.7 Å². The number of esters is 1. The second-order valence-corrected chi connectivity index (χ2v) is 9.02. The van der Waals surface area contributed by atoms with Crippen molar-refractivity contribution in [1.82, 2.24) is 9.55 Å². The van der Waals surface area contributed by atoms with Gasteiger partial charge in [-0.25, -0.2) is 9.78 Å². The van der Waals surface area contributed by atoms with Gasteiger partial charge in [-0.1, -0.05) is 6.92 Å². The minimum atomic E-state index is -1.80. The number of rotatable bonds is 2. The number of nitrogens with zero attached hydrogens (tertiary/aromatic N) is 3. The van der Waals surface area contributed by atoms with E-state index in [1.165, 1.54) is 24.9 Å². The van der Waals surface area contributed by atoms with Gasteiger partial charge in [-0.05, 0) is 56.0 Å². The molecule has 0 amide bonds. The number of hydrogen-bond acceptors (Lipinski definition) is 6. The molecule has 3 aliphatic rings. The molecule has 0 spiro atoms. The molecule has 2 aromatic heterocycles. The van der Waals surface area contributed by atoms with E-state index >= 15 is 0 Å². The lowest BCUT2D eigenvalue weighted by Crippen LogP contribution is -2.44. The van der Waals surface area contributed by atoms with Gasteiger partial charge >= 0.3 is 5.97 Å². The summed E-state index contributed by atoms with van der Waals surface area (Å²) in [7, 11) is 0. The maximum Gasteiger partial charge on any atom is 0.343 e. The second-order valence-electron chi connectivity index (χ2n) is 9.02. The molecule has 164 valence electrons. The lowest BCUT2D eigenvalue weighted by atomic mass is 9.86. The van der Waals surface area contributed by atoms with Gasteiger partial charge in [0.05, 0.1) is 29.0 Å². The summed E-state index contributed by atoms with van der Waals surface area (Å²) in [4.78, 5) is 32.9. The van der Waals surface area contributed by atoms with E-state index in [1.54, 1.807) is 17.6 Å². The van der Waals surface area contributed by atoms with Crippen molar-refractivity contribution in [2.45, 2.75) is 51.4 Å². The number of benzene rings is 1. The third-order valence-electron chi connectivity index (χ3n) is 7.21. The van der Waals surface area contributed by atoms with E-state index in [2.05, 4.69) is 23.1 Å². The maximum atomic E-state index is 13.3. The van der Waals surface area contributed by atoms with Gasteiger partial charge in [0, 0.05) is 35.3 Å². The first kappa shape index (κ1) is 19.5. The third kappa shape index (κ3) is 2.67. The first-order valence-electron chi connectivity index (χ1n) is 11.4. The number of aromatic nitrogens is 2. The van der Waals surface area contributed by atoms with Crippen LogP contribution in [0.5, 0.6) is 0 Å². The summed E-state index contributed by atoms with van der Waals surface area (Å²) >= 11 is 0. The molecular weight excluding hydrogens is 406 g/mol. The minimum absolute atomic E-state index is 0.111. The number of cyclic esters (lactones) is 1. The van der Waals surface area contributed by atoms with Crippen molar-refractivity contribution in [2.24, 2.45) is 0 Å². The number of aliphatic hydroxyl groups is 1. The summed E-state index contributed by atoms with van der Waals surface area (Å²) < 4.78 is 6.82. The second kappa shape index (κ2) is 6.90.